The SMILES string of the molecule is CNC(COCCOC)c1cccc(OC)c1. The average molecular weight is 239 g/mol. The number of nitrogens with one attached hydrogen (secondary N) is 1. The quantitative estimate of drug-likeness (QED) is 0.700. The van der Waals surface area contributed by atoms with Crippen molar-refractivity contribution < 1.29 is 14.2 Å². The third-order valence-corrected chi connectivity index (χ3v) is 2.56. The van der Waals surface area contributed by atoms with Crippen LogP contribution in [-0.4, -0.2) is 41.1 Å². The molecule has 0 fully saturated rings. The highest BCUT2D eigenvalue weighted by atomic mass is 16.5. The predicted octanol–water partition coefficient (Wildman–Crippen LogP) is 1.62. The first-order valence-electron chi connectivity index (χ1n) is 5.69. The molecule has 0 heterocycles. The fourth-order valence-electron chi connectivity index (χ4n) is 1.55. The molecule has 0 aliphatic rings. The van der Waals surface area contributed by atoms with Crippen LogP contribution in [0.3, 0.4) is 0 Å². The van der Waals surface area contributed by atoms with Crippen LogP contribution in [0, 0.1) is 0 Å². The van der Waals surface area contributed by atoms with Gasteiger partial charge in [-0.15, -0.1) is 0 Å². The molecule has 1 atom stereocenters. The van der Waals surface area contributed by atoms with Crippen LogP contribution in [0.1, 0.15) is 11.6 Å². The molecule has 0 spiro atoms. The van der Waals surface area contributed by atoms with E-state index < -0.39 is 0 Å². The van der Waals surface area contributed by atoms with Crippen molar-refractivity contribution in [3.8, 4) is 5.75 Å². The summed E-state index contributed by atoms with van der Waals surface area (Å²) in [6.45, 7) is 1.85. The van der Waals surface area contributed by atoms with E-state index in [2.05, 4.69) is 11.4 Å². The van der Waals surface area contributed by atoms with Gasteiger partial charge in [-0.3, -0.25) is 0 Å². The Kier molecular flexibility index (Phi) is 6.62. The number of methoxy groups -OCH3 is 2. The topological polar surface area (TPSA) is 39.7 Å². The fraction of sp³-hybridized carbons (Fsp3) is 0.538. The highest BCUT2D eigenvalue weighted by Gasteiger charge is 2.09. The zero-order chi connectivity index (χ0) is 12.5. The Morgan fingerprint density at radius 3 is 2.71 bits per heavy atom. The van der Waals surface area contributed by atoms with Gasteiger partial charge in [-0.25, -0.2) is 0 Å². The van der Waals surface area contributed by atoms with Gasteiger partial charge in [0.25, 0.3) is 0 Å². The lowest BCUT2D eigenvalue weighted by Crippen LogP contribution is -2.22. The van der Waals surface area contributed by atoms with Crippen molar-refractivity contribution in [3.05, 3.63) is 29.8 Å². The summed E-state index contributed by atoms with van der Waals surface area (Å²) in [7, 11) is 5.26. The molecule has 0 saturated carbocycles. The zero-order valence-corrected chi connectivity index (χ0v) is 10.7. The summed E-state index contributed by atoms with van der Waals surface area (Å²) in [6, 6.07) is 8.15. The van der Waals surface area contributed by atoms with Crippen LogP contribution in [0.4, 0.5) is 0 Å². The van der Waals surface area contributed by atoms with Gasteiger partial charge in [0, 0.05) is 7.11 Å². The molecule has 0 aliphatic heterocycles. The molecule has 0 aromatic heterocycles. The Morgan fingerprint density at radius 2 is 2.06 bits per heavy atom. The summed E-state index contributed by atoms with van der Waals surface area (Å²) >= 11 is 0. The van der Waals surface area contributed by atoms with E-state index in [1.807, 2.05) is 25.2 Å². The van der Waals surface area contributed by atoms with E-state index in [1.54, 1.807) is 14.2 Å². The molecule has 1 aromatic rings. The minimum Gasteiger partial charge on any atom is -0.497 e. The lowest BCUT2D eigenvalue weighted by atomic mass is 10.1. The summed E-state index contributed by atoms with van der Waals surface area (Å²) in [5, 5.41) is 3.23. The van der Waals surface area contributed by atoms with E-state index >= 15 is 0 Å². The van der Waals surface area contributed by atoms with Gasteiger partial charge in [-0.2, -0.15) is 0 Å². The number of ether oxygens (including phenoxy) is 3. The summed E-state index contributed by atoms with van der Waals surface area (Å²) in [4.78, 5) is 0. The van der Waals surface area contributed by atoms with Gasteiger partial charge in [-0.1, -0.05) is 12.1 Å². The van der Waals surface area contributed by atoms with Crippen LogP contribution < -0.4 is 10.1 Å². The number of hydrogen-bond donors (Lipinski definition) is 1. The van der Waals surface area contributed by atoms with Gasteiger partial charge in [0.15, 0.2) is 0 Å². The van der Waals surface area contributed by atoms with Crippen LogP contribution in [0.25, 0.3) is 0 Å². The predicted molar refractivity (Wildman–Crippen MR) is 67.5 cm³/mol. The molecule has 4 heteroatoms. The standard InChI is InChI=1S/C13H21NO3/c1-14-13(10-17-8-7-15-2)11-5-4-6-12(9-11)16-3/h4-6,9,13-14H,7-8,10H2,1-3H3. The highest BCUT2D eigenvalue weighted by molar-refractivity contribution is 5.30. The van der Waals surface area contributed by atoms with E-state index in [0.717, 1.165) is 11.3 Å². The zero-order valence-electron chi connectivity index (χ0n) is 10.7. The third-order valence-electron chi connectivity index (χ3n) is 2.56. The third kappa shape index (κ3) is 4.73. The Morgan fingerprint density at radius 1 is 1.24 bits per heavy atom. The first-order chi connectivity index (χ1) is 8.31. The summed E-state index contributed by atoms with van der Waals surface area (Å²) < 4.78 is 15.7. The maximum atomic E-state index is 5.53. The Balaban J connectivity index is 2.53. The molecule has 0 radical (unpaired) electrons. The average Bonchev–Trinajstić information content (AvgIpc) is 2.39. The maximum Gasteiger partial charge on any atom is 0.119 e. The number of rotatable bonds is 8. The molecule has 0 amide bonds. The van der Waals surface area contributed by atoms with Gasteiger partial charge in [0.1, 0.15) is 5.75 Å². The monoisotopic (exact) mass is 239 g/mol. The normalized spacial score (nSPS) is 12.4. The largest absolute Gasteiger partial charge is 0.497 e. The van der Waals surface area contributed by atoms with E-state index in [9.17, 15) is 0 Å². The molecule has 0 saturated heterocycles. The number of likely N-dealkylation sites (N-methyl/N-ethyl adjacent to an activating group) is 1. The van der Waals surface area contributed by atoms with Crippen LogP contribution in [0.5, 0.6) is 5.75 Å². The van der Waals surface area contributed by atoms with Crippen molar-refractivity contribution >= 4 is 0 Å². The summed E-state index contributed by atoms with van der Waals surface area (Å²) in [5.41, 5.74) is 1.16. The van der Waals surface area contributed by atoms with Crippen molar-refractivity contribution in [2.75, 3.05) is 41.1 Å². The van der Waals surface area contributed by atoms with Gasteiger partial charge in [0.2, 0.25) is 0 Å². The minimum atomic E-state index is 0.168. The van der Waals surface area contributed by atoms with Crippen LogP contribution in [-0.2, 0) is 9.47 Å². The smallest absolute Gasteiger partial charge is 0.119 e. The van der Waals surface area contributed by atoms with Gasteiger partial charge < -0.3 is 19.5 Å². The van der Waals surface area contributed by atoms with Gasteiger partial charge in [-0.05, 0) is 24.7 Å². The van der Waals surface area contributed by atoms with Crippen molar-refractivity contribution in [1.82, 2.24) is 5.32 Å². The molecule has 1 N–H and O–H groups in total. The van der Waals surface area contributed by atoms with Crippen molar-refractivity contribution in [3.63, 3.8) is 0 Å². The van der Waals surface area contributed by atoms with Gasteiger partial charge >= 0.3 is 0 Å². The van der Waals surface area contributed by atoms with Crippen molar-refractivity contribution in [1.29, 1.82) is 0 Å². The lowest BCUT2D eigenvalue weighted by Gasteiger charge is -2.17. The van der Waals surface area contributed by atoms with E-state index in [-0.39, 0.29) is 6.04 Å². The van der Waals surface area contributed by atoms with Crippen molar-refractivity contribution in [2.24, 2.45) is 0 Å². The molecule has 17 heavy (non-hydrogen) atoms. The molecule has 96 valence electrons. The molecular formula is C13H21NO3. The molecule has 1 unspecified atom stereocenters. The van der Waals surface area contributed by atoms with Crippen LogP contribution >= 0.6 is 0 Å². The molecule has 1 rings (SSSR count). The van der Waals surface area contributed by atoms with Gasteiger partial charge in [0.05, 0.1) is 33.0 Å². The van der Waals surface area contributed by atoms with E-state index in [0.29, 0.717) is 19.8 Å². The second-order valence-electron chi connectivity index (χ2n) is 3.69. The summed E-state index contributed by atoms with van der Waals surface area (Å²) in [5.74, 6) is 0.861. The second-order valence-corrected chi connectivity index (χ2v) is 3.69. The molecule has 1 aromatic carbocycles. The molecule has 0 bridgehead atoms. The minimum absolute atomic E-state index is 0.168. The Bertz CT molecular complexity index is 317. The first-order valence-corrected chi connectivity index (χ1v) is 5.69. The Hall–Kier alpha value is -1.10. The van der Waals surface area contributed by atoms with Crippen molar-refractivity contribution in [2.45, 2.75) is 6.04 Å². The number of hydrogen-bond acceptors (Lipinski definition) is 4. The lowest BCUT2D eigenvalue weighted by molar-refractivity contribution is 0.0596. The van der Waals surface area contributed by atoms with Crippen LogP contribution in [0.15, 0.2) is 24.3 Å². The molecule has 0 aliphatic carbocycles. The molecule has 4 nitrogen and oxygen atoms in total. The highest BCUT2D eigenvalue weighted by Crippen LogP contribution is 2.19. The Labute approximate surface area is 103 Å². The first kappa shape index (κ1) is 14.0. The van der Waals surface area contributed by atoms with E-state index in [1.165, 1.54) is 0 Å². The number of benzene rings is 1. The molecular weight excluding hydrogens is 218 g/mol. The maximum absolute atomic E-state index is 5.53. The second kappa shape index (κ2) is 8.06. The van der Waals surface area contributed by atoms with Crippen LogP contribution in [0.2, 0.25) is 0 Å². The fourth-order valence-corrected chi connectivity index (χ4v) is 1.55. The van der Waals surface area contributed by atoms with E-state index in [4.69, 9.17) is 14.2 Å². The summed E-state index contributed by atoms with van der Waals surface area (Å²) in [6.07, 6.45) is 0.